The first kappa shape index (κ1) is 12.2. The molecule has 1 saturated heterocycles. The molecule has 0 bridgehead atoms. The van der Waals surface area contributed by atoms with Crippen LogP contribution in [0.25, 0.3) is 0 Å². The van der Waals surface area contributed by atoms with E-state index in [4.69, 9.17) is 16.3 Å². The number of aliphatic hydroxyl groups is 2. The fraction of sp³-hybridized carbons (Fsp3) is 0.556. The van der Waals surface area contributed by atoms with Crippen LogP contribution in [0.4, 0.5) is 0 Å². The highest BCUT2D eigenvalue weighted by molar-refractivity contribution is 6.34. The Labute approximate surface area is 102 Å². The lowest BCUT2D eigenvalue weighted by molar-refractivity contribution is 0.0572. The highest BCUT2D eigenvalue weighted by Crippen LogP contribution is 2.26. The molecule has 1 amide bonds. The standard InChI is InChI=1S/C9H12ClN3O4/c1-17-8-6(10)7(11-12-8)9(16)13-2-4(14)5(15)3-13/h4-5,14-15H,2-3H2,1H3,(H,11,12)/t4-,5-/m1/s1. The topological polar surface area (TPSA) is 98.7 Å². The normalized spacial score (nSPS) is 24.1. The van der Waals surface area contributed by atoms with Gasteiger partial charge >= 0.3 is 0 Å². The molecule has 0 radical (unpaired) electrons. The van der Waals surface area contributed by atoms with E-state index >= 15 is 0 Å². The Balaban J connectivity index is 2.17. The maximum absolute atomic E-state index is 12.0. The van der Waals surface area contributed by atoms with E-state index < -0.39 is 18.1 Å². The first-order valence-corrected chi connectivity index (χ1v) is 5.35. The number of rotatable bonds is 2. The van der Waals surface area contributed by atoms with Gasteiger partial charge < -0.3 is 19.8 Å². The van der Waals surface area contributed by atoms with Gasteiger partial charge in [-0.3, -0.25) is 9.89 Å². The van der Waals surface area contributed by atoms with Crippen LogP contribution in [0.15, 0.2) is 0 Å². The highest BCUT2D eigenvalue weighted by Gasteiger charge is 2.34. The zero-order chi connectivity index (χ0) is 12.6. The zero-order valence-electron chi connectivity index (χ0n) is 9.05. The number of aliphatic hydroxyl groups excluding tert-OH is 2. The minimum Gasteiger partial charge on any atom is -0.479 e. The first-order chi connectivity index (χ1) is 8.04. The average molecular weight is 262 g/mol. The summed E-state index contributed by atoms with van der Waals surface area (Å²) >= 11 is 5.88. The van der Waals surface area contributed by atoms with Crippen molar-refractivity contribution >= 4 is 17.5 Å². The Bertz CT molecular complexity index is 426. The number of hydrogen-bond donors (Lipinski definition) is 3. The van der Waals surface area contributed by atoms with Crippen LogP contribution >= 0.6 is 11.6 Å². The summed E-state index contributed by atoms with van der Waals surface area (Å²) in [5, 5.41) is 25.0. The molecule has 3 N–H and O–H groups in total. The number of methoxy groups -OCH3 is 1. The van der Waals surface area contributed by atoms with Crippen molar-refractivity contribution in [1.29, 1.82) is 0 Å². The van der Waals surface area contributed by atoms with Crippen LogP contribution in [0, 0.1) is 0 Å². The number of nitrogens with zero attached hydrogens (tertiary/aromatic N) is 2. The summed E-state index contributed by atoms with van der Waals surface area (Å²) in [5.41, 5.74) is 0.0878. The molecule has 8 heteroatoms. The van der Waals surface area contributed by atoms with Crippen molar-refractivity contribution in [1.82, 2.24) is 15.1 Å². The van der Waals surface area contributed by atoms with Crippen molar-refractivity contribution in [2.45, 2.75) is 12.2 Å². The Kier molecular flexibility index (Phi) is 3.23. The van der Waals surface area contributed by atoms with E-state index in [9.17, 15) is 15.0 Å². The van der Waals surface area contributed by atoms with Gasteiger partial charge in [0.1, 0.15) is 10.7 Å². The monoisotopic (exact) mass is 261 g/mol. The Morgan fingerprint density at radius 1 is 1.53 bits per heavy atom. The van der Waals surface area contributed by atoms with Crippen LogP contribution in [0.5, 0.6) is 5.88 Å². The molecule has 1 aliphatic rings. The summed E-state index contributed by atoms with van der Waals surface area (Å²) in [6, 6.07) is 0. The van der Waals surface area contributed by atoms with Gasteiger partial charge in [-0.05, 0) is 0 Å². The molecule has 0 unspecified atom stereocenters. The molecule has 1 aliphatic heterocycles. The number of nitrogens with one attached hydrogen (secondary N) is 1. The molecule has 2 rings (SSSR count). The molecule has 1 fully saturated rings. The maximum atomic E-state index is 12.0. The molecule has 0 aromatic carbocycles. The van der Waals surface area contributed by atoms with Crippen LogP contribution in [-0.2, 0) is 0 Å². The summed E-state index contributed by atoms with van der Waals surface area (Å²) in [5.74, 6) is -0.295. The molecular formula is C9H12ClN3O4. The number of hydrogen-bond acceptors (Lipinski definition) is 5. The summed E-state index contributed by atoms with van der Waals surface area (Å²) in [7, 11) is 1.39. The number of aromatic amines is 1. The second-order valence-corrected chi connectivity index (χ2v) is 4.14. The lowest BCUT2D eigenvalue weighted by Gasteiger charge is -2.13. The van der Waals surface area contributed by atoms with Gasteiger partial charge in [0, 0.05) is 13.1 Å². The third-order valence-electron chi connectivity index (χ3n) is 2.63. The summed E-state index contributed by atoms with van der Waals surface area (Å²) in [6.07, 6.45) is -1.86. The van der Waals surface area contributed by atoms with Crippen LogP contribution in [0.3, 0.4) is 0 Å². The van der Waals surface area contributed by atoms with E-state index in [1.165, 1.54) is 12.0 Å². The predicted octanol–water partition coefficient (Wildman–Crippen LogP) is -0.751. The number of ether oxygens (including phenoxy) is 1. The second-order valence-electron chi connectivity index (χ2n) is 3.77. The van der Waals surface area contributed by atoms with E-state index in [1.54, 1.807) is 0 Å². The fourth-order valence-corrected chi connectivity index (χ4v) is 1.92. The van der Waals surface area contributed by atoms with Gasteiger partial charge in [-0.2, -0.15) is 0 Å². The van der Waals surface area contributed by atoms with E-state index in [0.29, 0.717) is 0 Å². The summed E-state index contributed by atoms with van der Waals surface area (Å²) in [4.78, 5) is 13.3. The molecule has 1 aromatic rings. The smallest absolute Gasteiger partial charge is 0.273 e. The van der Waals surface area contributed by atoms with Gasteiger partial charge in [-0.25, -0.2) is 0 Å². The van der Waals surface area contributed by atoms with Crippen molar-refractivity contribution < 1.29 is 19.7 Å². The van der Waals surface area contributed by atoms with E-state index in [0.717, 1.165) is 0 Å². The third kappa shape index (κ3) is 2.08. The van der Waals surface area contributed by atoms with Crippen LogP contribution in [0.1, 0.15) is 10.5 Å². The van der Waals surface area contributed by atoms with Crippen LogP contribution in [0.2, 0.25) is 5.02 Å². The molecule has 94 valence electrons. The van der Waals surface area contributed by atoms with Crippen molar-refractivity contribution in [3.63, 3.8) is 0 Å². The van der Waals surface area contributed by atoms with Gasteiger partial charge in [0.05, 0.1) is 19.3 Å². The van der Waals surface area contributed by atoms with E-state index in [2.05, 4.69) is 10.2 Å². The van der Waals surface area contributed by atoms with Crippen LogP contribution < -0.4 is 4.74 Å². The number of aromatic nitrogens is 2. The minimum atomic E-state index is -0.928. The Hall–Kier alpha value is -1.31. The van der Waals surface area contributed by atoms with Gasteiger partial charge in [0.25, 0.3) is 11.8 Å². The average Bonchev–Trinajstić information content (AvgIpc) is 2.82. The van der Waals surface area contributed by atoms with Crippen molar-refractivity contribution in [3.05, 3.63) is 10.7 Å². The van der Waals surface area contributed by atoms with Gasteiger partial charge in [0.15, 0.2) is 0 Å². The number of amides is 1. The Morgan fingerprint density at radius 3 is 2.59 bits per heavy atom. The number of halogens is 1. The minimum absolute atomic E-state index is 0.0671. The summed E-state index contributed by atoms with van der Waals surface area (Å²) in [6.45, 7) is 0.134. The SMILES string of the molecule is COc1n[nH]c(C(=O)N2C[C@@H](O)[C@H](O)C2)c1Cl. The number of H-pyrrole nitrogens is 1. The lowest BCUT2D eigenvalue weighted by Crippen LogP contribution is -2.30. The molecular weight excluding hydrogens is 250 g/mol. The van der Waals surface area contributed by atoms with Crippen molar-refractivity contribution in [2.24, 2.45) is 0 Å². The fourth-order valence-electron chi connectivity index (χ4n) is 1.68. The quantitative estimate of drug-likeness (QED) is 0.651. The molecule has 0 spiro atoms. The molecule has 17 heavy (non-hydrogen) atoms. The highest BCUT2D eigenvalue weighted by atomic mass is 35.5. The number of β-amino-alcohol motifs (C(OH)–C–C–N with tert-alkyl or cyclic N) is 2. The number of likely N-dealkylation sites (tertiary alicyclic amines) is 1. The third-order valence-corrected chi connectivity index (χ3v) is 2.98. The first-order valence-electron chi connectivity index (χ1n) is 4.97. The zero-order valence-corrected chi connectivity index (χ0v) is 9.81. The predicted molar refractivity (Wildman–Crippen MR) is 58.1 cm³/mol. The van der Waals surface area contributed by atoms with Gasteiger partial charge in [-0.1, -0.05) is 11.6 Å². The molecule has 0 aliphatic carbocycles. The number of carbonyl (C=O) groups excluding carboxylic acids is 1. The van der Waals surface area contributed by atoms with Gasteiger partial charge in [0.2, 0.25) is 0 Å². The van der Waals surface area contributed by atoms with Crippen LogP contribution in [-0.4, -0.2) is 63.6 Å². The largest absolute Gasteiger partial charge is 0.479 e. The molecule has 1 aromatic heterocycles. The van der Waals surface area contributed by atoms with Gasteiger partial charge in [-0.15, -0.1) is 5.10 Å². The molecule has 2 atom stereocenters. The maximum Gasteiger partial charge on any atom is 0.273 e. The van der Waals surface area contributed by atoms with Crippen molar-refractivity contribution in [2.75, 3.05) is 20.2 Å². The number of carbonyl (C=O) groups is 1. The Morgan fingerprint density at radius 2 is 2.12 bits per heavy atom. The lowest BCUT2D eigenvalue weighted by atomic mass is 10.3. The molecule has 0 saturated carbocycles. The second kappa shape index (κ2) is 4.52. The molecule has 2 heterocycles. The van der Waals surface area contributed by atoms with E-state index in [-0.39, 0.29) is 29.7 Å². The van der Waals surface area contributed by atoms with Crippen molar-refractivity contribution in [3.8, 4) is 5.88 Å². The van der Waals surface area contributed by atoms with E-state index in [1.807, 2.05) is 0 Å². The summed E-state index contributed by atoms with van der Waals surface area (Å²) < 4.78 is 4.84. The molecule has 7 nitrogen and oxygen atoms in total.